The number of methoxy groups -OCH3 is 1. The summed E-state index contributed by atoms with van der Waals surface area (Å²) in [7, 11) is 1.28. The van der Waals surface area contributed by atoms with Crippen LogP contribution in [0.1, 0.15) is 20.7 Å². The van der Waals surface area contributed by atoms with Gasteiger partial charge in [-0.25, -0.2) is 9.59 Å². The molecule has 0 saturated heterocycles. The van der Waals surface area contributed by atoms with Crippen LogP contribution in [0.3, 0.4) is 0 Å². The number of benzene rings is 2. The maximum Gasteiger partial charge on any atom is 0.338 e. The zero-order chi connectivity index (χ0) is 20.1. The van der Waals surface area contributed by atoms with Gasteiger partial charge >= 0.3 is 11.9 Å². The van der Waals surface area contributed by atoms with Gasteiger partial charge in [0.25, 0.3) is 5.91 Å². The molecule has 2 amide bonds. The molecule has 28 heavy (non-hydrogen) atoms. The Kier molecular flexibility index (Phi) is 5.95. The standard InChI is InChI=1S/C19H16N2O6S/c1-26-18(24)11-2-5-13(6-3-11)20-16(22)9-27-19(25)12-4-7-15-14(8-12)21-17(23)10-28-15/h2-8H,9-10H2,1H3,(H,20,22)(H,21,23). The minimum Gasteiger partial charge on any atom is -0.465 e. The Morgan fingerprint density at radius 2 is 1.79 bits per heavy atom. The number of carbonyl (C=O) groups is 4. The molecule has 2 aromatic rings. The Bertz CT molecular complexity index is 942. The van der Waals surface area contributed by atoms with Crippen LogP contribution in [-0.2, 0) is 19.1 Å². The van der Waals surface area contributed by atoms with E-state index in [4.69, 9.17) is 4.74 Å². The molecule has 0 fully saturated rings. The Hall–Kier alpha value is -3.33. The second-order valence-electron chi connectivity index (χ2n) is 5.74. The molecule has 2 aromatic carbocycles. The molecule has 144 valence electrons. The van der Waals surface area contributed by atoms with E-state index in [0.717, 1.165) is 4.90 Å². The Balaban J connectivity index is 1.54. The fourth-order valence-electron chi connectivity index (χ4n) is 2.43. The predicted molar refractivity (Wildman–Crippen MR) is 102 cm³/mol. The maximum absolute atomic E-state index is 12.1. The molecule has 3 rings (SSSR count). The molecule has 2 N–H and O–H groups in total. The lowest BCUT2D eigenvalue weighted by atomic mass is 10.2. The van der Waals surface area contributed by atoms with Crippen molar-refractivity contribution < 1.29 is 28.7 Å². The Morgan fingerprint density at radius 3 is 2.50 bits per heavy atom. The summed E-state index contributed by atoms with van der Waals surface area (Å²) < 4.78 is 9.61. The topological polar surface area (TPSA) is 111 Å². The first-order valence-corrected chi connectivity index (χ1v) is 9.17. The molecule has 8 nitrogen and oxygen atoms in total. The van der Waals surface area contributed by atoms with Crippen molar-refractivity contribution in [1.29, 1.82) is 0 Å². The molecule has 1 aliphatic heterocycles. The van der Waals surface area contributed by atoms with Gasteiger partial charge in [-0.05, 0) is 42.5 Å². The molecular formula is C19H16N2O6S. The molecule has 1 aliphatic rings. The minimum absolute atomic E-state index is 0.138. The average Bonchev–Trinajstić information content (AvgIpc) is 2.71. The van der Waals surface area contributed by atoms with Crippen molar-refractivity contribution in [3.05, 3.63) is 53.6 Å². The lowest BCUT2D eigenvalue weighted by Gasteiger charge is -2.16. The van der Waals surface area contributed by atoms with E-state index in [1.54, 1.807) is 12.1 Å². The molecule has 0 saturated carbocycles. The Labute approximate surface area is 164 Å². The van der Waals surface area contributed by atoms with Gasteiger partial charge in [0, 0.05) is 10.6 Å². The molecule has 0 bridgehead atoms. The monoisotopic (exact) mass is 400 g/mol. The fraction of sp³-hybridized carbons (Fsp3) is 0.158. The number of fused-ring (bicyclic) bond motifs is 1. The van der Waals surface area contributed by atoms with Crippen LogP contribution >= 0.6 is 11.8 Å². The first kappa shape index (κ1) is 19.4. The highest BCUT2D eigenvalue weighted by Gasteiger charge is 2.18. The molecule has 0 aromatic heterocycles. The summed E-state index contributed by atoms with van der Waals surface area (Å²) in [6.45, 7) is -0.476. The summed E-state index contributed by atoms with van der Waals surface area (Å²) in [6.07, 6.45) is 0. The third-order valence-electron chi connectivity index (χ3n) is 3.77. The summed E-state index contributed by atoms with van der Waals surface area (Å²) in [6, 6.07) is 10.9. The van der Waals surface area contributed by atoms with Crippen molar-refractivity contribution >= 4 is 46.9 Å². The van der Waals surface area contributed by atoms with E-state index in [0.29, 0.717) is 22.7 Å². The number of carbonyl (C=O) groups excluding carboxylic acids is 4. The lowest BCUT2D eigenvalue weighted by molar-refractivity contribution is -0.119. The van der Waals surface area contributed by atoms with Gasteiger partial charge in [0.1, 0.15) is 0 Å². The third kappa shape index (κ3) is 4.68. The lowest BCUT2D eigenvalue weighted by Crippen LogP contribution is -2.22. The van der Waals surface area contributed by atoms with E-state index in [2.05, 4.69) is 15.4 Å². The van der Waals surface area contributed by atoms with Crippen molar-refractivity contribution in [2.24, 2.45) is 0 Å². The van der Waals surface area contributed by atoms with Crippen LogP contribution in [0, 0.1) is 0 Å². The van der Waals surface area contributed by atoms with Crippen molar-refractivity contribution in [2.45, 2.75) is 4.90 Å². The van der Waals surface area contributed by atoms with Crippen LogP contribution in [0.25, 0.3) is 0 Å². The number of hydrogen-bond acceptors (Lipinski definition) is 7. The molecule has 1 heterocycles. The third-order valence-corrected chi connectivity index (χ3v) is 4.85. The van der Waals surface area contributed by atoms with Crippen molar-refractivity contribution in [1.82, 2.24) is 0 Å². The smallest absolute Gasteiger partial charge is 0.338 e. The molecule has 0 unspecified atom stereocenters. The van der Waals surface area contributed by atoms with E-state index in [9.17, 15) is 19.2 Å². The van der Waals surface area contributed by atoms with Gasteiger partial charge in [-0.3, -0.25) is 9.59 Å². The second kappa shape index (κ2) is 8.57. The Morgan fingerprint density at radius 1 is 1.07 bits per heavy atom. The first-order valence-electron chi connectivity index (χ1n) is 8.18. The van der Waals surface area contributed by atoms with Crippen LogP contribution in [0.4, 0.5) is 11.4 Å². The number of ether oxygens (including phenoxy) is 2. The SMILES string of the molecule is COC(=O)c1ccc(NC(=O)COC(=O)c2ccc3c(c2)NC(=O)CS3)cc1. The number of rotatable bonds is 5. The number of thioether (sulfide) groups is 1. The summed E-state index contributed by atoms with van der Waals surface area (Å²) in [5.41, 5.74) is 1.58. The quantitative estimate of drug-likeness (QED) is 0.741. The number of hydrogen-bond donors (Lipinski definition) is 2. The van der Waals surface area contributed by atoms with Gasteiger partial charge in [0.05, 0.1) is 29.7 Å². The molecule has 0 aliphatic carbocycles. The largest absolute Gasteiger partial charge is 0.465 e. The molecule has 0 spiro atoms. The van der Waals surface area contributed by atoms with Gasteiger partial charge in [-0.15, -0.1) is 11.8 Å². The highest BCUT2D eigenvalue weighted by atomic mass is 32.2. The molecule has 0 radical (unpaired) electrons. The van der Waals surface area contributed by atoms with E-state index < -0.39 is 24.5 Å². The summed E-state index contributed by atoms with van der Waals surface area (Å²) in [4.78, 5) is 47.8. The highest BCUT2D eigenvalue weighted by molar-refractivity contribution is 8.00. The minimum atomic E-state index is -0.677. The van der Waals surface area contributed by atoms with Crippen LogP contribution < -0.4 is 10.6 Å². The number of nitrogens with one attached hydrogen (secondary N) is 2. The van der Waals surface area contributed by atoms with Crippen molar-refractivity contribution in [3.8, 4) is 0 Å². The van der Waals surface area contributed by atoms with Gasteiger partial charge < -0.3 is 20.1 Å². The average molecular weight is 400 g/mol. The molecular weight excluding hydrogens is 384 g/mol. The predicted octanol–water partition coefficient (Wildman–Crippen LogP) is 2.31. The van der Waals surface area contributed by atoms with Gasteiger partial charge in [-0.1, -0.05) is 0 Å². The highest BCUT2D eigenvalue weighted by Crippen LogP contribution is 2.32. The molecule has 0 atom stereocenters. The zero-order valence-corrected chi connectivity index (χ0v) is 15.6. The summed E-state index contributed by atoms with van der Waals surface area (Å²) in [5.74, 6) is -1.49. The summed E-state index contributed by atoms with van der Waals surface area (Å²) in [5, 5.41) is 5.25. The van der Waals surface area contributed by atoms with E-state index in [-0.39, 0.29) is 11.5 Å². The van der Waals surface area contributed by atoms with E-state index >= 15 is 0 Å². The van der Waals surface area contributed by atoms with Gasteiger partial charge in [0.15, 0.2) is 6.61 Å². The number of amides is 2. The maximum atomic E-state index is 12.1. The van der Waals surface area contributed by atoms with Gasteiger partial charge in [-0.2, -0.15) is 0 Å². The van der Waals surface area contributed by atoms with E-state index in [1.165, 1.54) is 49.2 Å². The zero-order valence-electron chi connectivity index (χ0n) is 14.8. The number of anilines is 2. The fourth-order valence-corrected chi connectivity index (χ4v) is 3.22. The molecule has 9 heteroatoms. The van der Waals surface area contributed by atoms with Crippen LogP contribution in [0.15, 0.2) is 47.4 Å². The van der Waals surface area contributed by atoms with Gasteiger partial charge in [0.2, 0.25) is 5.91 Å². The number of esters is 2. The van der Waals surface area contributed by atoms with Crippen molar-refractivity contribution in [2.75, 3.05) is 30.1 Å². The van der Waals surface area contributed by atoms with E-state index in [1.807, 2.05) is 0 Å². The summed E-state index contributed by atoms with van der Waals surface area (Å²) >= 11 is 1.38. The second-order valence-corrected chi connectivity index (χ2v) is 6.76. The van der Waals surface area contributed by atoms with Crippen LogP contribution in [-0.4, -0.2) is 43.2 Å². The van der Waals surface area contributed by atoms with Crippen LogP contribution in [0.5, 0.6) is 0 Å². The first-order chi connectivity index (χ1) is 13.5. The normalized spacial score (nSPS) is 12.4. The van der Waals surface area contributed by atoms with Crippen LogP contribution in [0.2, 0.25) is 0 Å². The van der Waals surface area contributed by atoms with Crippen molar-refractivity contribution in [3.63, 3.8) is 0 Å².